The fraction of sp³-hybridized carbons (Fsp3) is 0.167. The predicted molar refractivity (Wildman–Crippen MR) is 56.4 cm³/mol. The molecule has 0 fully saturated rings. The largest absolute Gasteiger partial charge is 0.506 e. The highest BCUT2D eigenvalue weighted by atomic mass is 16.3. The quantitative estimate of drug-likeness (QED) is 0.744. The molecule has 0 radical (unpaired) electrons. The van der Waals surface area contributed by atoms with Crippen molar-refractivity contribution in [1.29, 1.82) is 0 Å². The first-order chi connectivity index (χ1) is 6.77. The average molecular weight is 187 g/mol. The standard InChI is InChI=1S/C12H13NO/c1-9-4-2-3-5-10(9)8-11-12(14)6-7-13-11/h2-7,13-14H,8H2,1H3. The Balaban J connectivity index is 2.28. The highest BCUT2D eigenvalue weighted by molar-refractivity contribution is 5.35. The summed E-state index contributed by atoms with van der Waals surface area (Å²) in [6, 6.07) is 9.87. The maximum Gasteiger partial charge on any atom is 0.136 e. The Morgan fingerprint density at radius 3 is 2.64 bits per heavy atom. The van der Waals surface area contributed by atoms with Gasteiger partial charge in [-0.2, -0.15) is 0 Å². The summed E-state index contributed by atoms with van der Waals surface area (Å²) < 4.78 is 0. The average Bonchev–Trinajstić information content (AvgIpc) is 2.56. The van der Waals surface area contributed by atoms with E-state index < -0.39 is 0 Å². The SMILES string of the molecule is Cc1ccccc1Cc1[nH]ccc1O. The summed E-state index contributed by atoms with van der Waals surface area (Å²) in [5.41, 5.74) is 3.37. The summed E-state index contributed by atoms with van der Waals surface area (Å²) in [5, 5.41) is 9.47. The van der Waals surface area contributed by atoms with Crippen LogP contribution in [0.25, 0.3) is 0 Å². The van der Waals surface area contributed by atoms with Crippen molar-refractivity contribution in [2.24, 2.45) is 0 Å². The number of aromatic hydroxyl groups is 1. The molecule has 14 heavy (non-hydrogen) atoms. The number of aromatic nitrogens is 1. The third kappa shape index (κ3) is 1.64. The van der Waals surface area contributed by atoms with Gasteiger partial charge in [0.1, 0.15) is 5.75 Å². The number of rotatable bonds is 2. The van der Waals surface area contributed by atoms with Crippen molar-refractivity contribution in [3.8, 4) is 5.75 Å². The molecule has 1 aromatic heterocycles. The monoisotopic (exact) mass is 187 g/mol. The van der Waals surface area contributed by atoms with Crippen molar-refractivity contribution in [2.45, 2.75) is 13.3 Å². The Bertz CT molecular complexity index is 431. The maximum atomic E-state index is 9.47. The van der Waals surface area contributed by atoms with Crippen molar-refractivity contribution >= 4 is 0 Å². The molecule has 2 aromatic rings. The van der Waals surface area contributed by atoms with Crippen molar-refractivity contribution < 1.29 is 5.11 Å². The lowest BCUT2D eigenvalue weighted by Gasteiger charge is -2.04. The smallest absolute Gasteiger partial charge is 0.136 e. The molecular formula is C12H13NO. The number of nitrogens with one attached hydrogen (secondary N) is 1. The van der Waals surface area contributed by atoms with E-state index in [4.69, 9.17) is 0 Å². The topological polar surface area (TPSA) is 36.0 Å². The molecular weight excluding hydrogens is 174 g/mol. The van der Waals surface area contributed by atoms with Crippen LogP contribution in [0, 0.1) is 6.92 Å². The first-order valence-electron chi connectivity index (χ1n) is 4.67. The molecule has 0 aliphatic rings. The van der Waals surface area contributed by atoms with Crippen LogP contribution in [0.15, 0.2) is 36.5 Å². The van der Waals surface area contributed by atoms with Crippen LogP contribution in [-0.2, 0) is 6.42 Å². The van der Waals surface area contributed by atoms with E-state index in [9.17, 15) is 5.11 Å². The molecule has 2 nitrogen and oxygen atoms in total. The number of aryl methyl sites for hydroxylation is 1. The second-order valence-corrected chi connectivity index (χ2v) is 3.44. The van der Waals surface area contributed by atoms with Crippen LogP contribution in [0.3, 0.4) is 0 Å². The zero-order chi connectivity index (χ0) is 9.97. The Kier molecular flexibility index (Phi) is 2.27. The van der Waals surface area contributed by atoms with Crippen molar-refractivity contribution in [3.63, 3.8) is 0 Å². The molecule has 0 bridgehead atoms. The van der Waals surface area contributed by atoms with Gasteiger partial charge in [0, 0.05) is 12.6 Å². The molecule has 72 valence electrons. The van der Waals surface area contributed by atoms with E-state index in [2.05, 4.69) is 24.0 Å². The molecule has 1 aromatic carbocycles. The molecule has 0 amide bonds. The summed E-state index contributed by atoms with van der Waals surface area (Å²) >= 11 is 0. The molecule has 0 saturated heterocycles. The first-order valence-corrected chi connectivity index (χ1v) is 4.67. The first kappa shape index (κ1) is 8.88. The zero-order valence-corrected chi connectivity index (χ0v) is 8.12. The molecule has 2 heteroatoms. The van der Waals surface area contributed by atoms with Gasteiger partial charge in [-0.1, -0.05) is 24.3 Å². The van der Waals surface area contributed by atoms with Gasteiger partial charge in [-0.05, 0) is 24.1 Å². The lowest BCUT2D eigenvalue weighted by atomic mass is 10.0. The molecule has 0 saturated carbocycles. The van der Waals surface area contributed by atoms with Gasteiger partial charge < -0.3 is 10.1 Å². The third-order valence-corrected chi connectivity index (χ3v) is 2.44. The summed E-state index contributed by atoms with van der Waals surface area (Å²) in [6.07, 6.45) is 2.51. The van der Waals surface area contributed by atoms with Crippen LogP contribution in [-0.4, -0.2) is 10.1 Å². The predicted octanol–water partition coefficient (Wildman–Crippen LogP) is 2.62. The number of hydrogen-bond donors (Lipinski definition) is 2. The van der Waals surface area contributed by atoms with Crippen LogP contribution in [0.2, 0.25) is 0 Å². The molecule has 2 rings (SSSR count). The highest BCUT2D eigenvalue weighted by Crippen LogP contribution is 2.19. The minimum absolute atomic E-state index is 0.341. The number of H-pyrrole nitrogens is 1. The second-order valence-electron chi connectivity index (χ2n) is 3.44. The molecule has 0 unspecified atom stereocenters. The highest BCUT2D eigenvalue weighted by Gasteiger charge is 2.04. The fourth-order valence-electron chi connectivity index (χ4n) is 1.54. The van der Waals surface area contributed by atoms with Gasteiger partial charge in [0.05, 0.1) is 5.69 Å². The molecule has 2 N–H and O–H groups in total. The molecule has 0 atom stereocenters. The van der Waals surface area contributed by atoms with E-state index >= 15 is 0 Å². The van der Waals surface area contributed by atoms with E-state index in [0.29, 0.717) is 5.75 Å². The maximum absolute atomic E-state index is 9.47. The van der Waals surface area contributed by atoms with Gasteiger partial charge in [-0.3, -0.25) is 0 Å². The summed E-state index contributed by atoms with van der Waals surface area (Å²) in [4.78, 5) is 3.03. The Morgan fingerprint density at radius 2 is 2.00 bits per heavy atom. The van der Waals surface area contributed by atoms with Gasteiger partial charge in [-0.15, -0.1) is 0 Å². The molecule has 1 heterocycles. The Morgan fingerprint density at radius 1 is 1.21 bits per heavy atom. The summed E-state index contributed by atoms with van der Waals surface area (Å²) in [5.74, 6) is 0.341. The van der Waals surface area contributed by atoms with Crippen LogP contribution < -0.4 is 0 Å². The van der Waals surface area contributed by atoms with Gasteiger partial charge >= 0.3 is 0 Å². The van der Waals surface area contributed by atoms with Gasteiger partial charge in [0.15, 0.2) is 0 Å². The minimum atomic E-state index is 0.341. The van der Waals surface area contributed by atoms with Crippen LogP contribution in [0.4, 0.5) is 0 Å². The van der Waals surface area contributed by atoms with E-state index in [1.54, 1.807) is 12.3 Å². The number of hydrogen-bond acceptors (Lipinski definition) is 1. The van der Waals surface area contributed by atoms with Gasteiger partial charge in [0.2, 0.25) is 0 Å². The lowest BCUT2D eigenvalue weighted by molar-refractivity contribution is 0.470. The van der Waals surface area contributed by atoms with Gasteiger partial charge in [-0.25, -0.2) is 0 Å². The van der Waals surface area contributed by atoms with Crippen molar-refractivity contribution in [3.05, 3.63) is 53.3 Å². The summed E-state index contributed by atoms with van der Waals surface area (Å²) in [7, 11) is 0. The number of benzene rings is 1. The fourth-order valence-corrected chi connectivity index (χ4v) is 1.54. The zero-order valence-electron chi connectivity index (χ0n) is 8.12. The Labute approximate surface area is 83.2 Å². The molecule has 0 spiro atoms. The van der Waals surface area contributed by atoms with Crippen molar-refractivity contribution in [1.82, 2.24) is 4.98 Å². The van der Waals surface area contributed by atoms with E-state index in [1.807, 2.05) is 12.1 Å². The van der Waals surface area contributed by atoms with Crippen LogP contribution in [0.5, 0.6) is 5.75 Å². The minimum Gasteiger partial charge on any atom is -0.506 e. The third-order valence-electron chi connectivity index (χ3n) is 2.44. The van der Waals surface area contributed by atoms with E-state index in [-0.39, 0.29) is 0 Å². The second kappa shape index (κ2) is 3.58. The lowest BCUT2D eigenvalue weighted by Crippen LogP contribution is -1.91. The summed E-state index contributed by atoms with van der Waals surface area (Å²) in [6.45, 7) is 2.08. The molecule has 0 aliphatic carbocycles. The van der Waals surface area contributed by atoms with Gasteiger partial charge in [0.25, 0.3) is 0 Å². The Hall–Kier alpha value is -1.70. The number of aromatic amines is 1. The van der Waals surface area contributed by atoms with Crippen LogP contribution >= 0.6 is 0 Å². The van der Waals surface area contributed by atoms with Crippen LogP contribution in [0.1, 0.15) is 16.8 Å². The van der Waals surface area contributed by atoms with Crippen molar-refractivity contribution in [2.75, 3.05) is 0 Å². The van der Waals surface area contributed by atoms with E-state index in [1.165, 1.54) is 11.1 Å². The molecule has 0 aliphatic heterocycles. The van der Waals surface area contributed by atoms with E-state index in [0.717, 1.165) is 12.1 Å². The normalized spacial score (nSPS) is 10.4.